The molecule has 4 aliphatic heterocycles. The Kier molecular flexibility index (Phi) is 17.9. The number of methoxy groups -OCH3 is 1. The highest BCUT2D eigenvalue weighted by Gasteiger charge is 2.48. The molecule has 0 aliphatic carbocycles. The van der Waals surface area contributed by atoms with Gasteiger partial charge in [-0.25, -0.2) is 4.98 Å². The second kappa shape index (κ2) is 24.3. The molecule has 1 N–H and O–H groups in total. The summed E-state index contributed by atoms with van der Waals surface area (Å²) in [4.78, 5) is 46.7. The summed E-state index contributed by atoms with van der Waals surface area (Å²) in [7, 11) is -0.608. The third-order valence-corrected chi connectivity index (χ3v) is 22.6. The molecule has 4 aliphatic rings. The minimum atomic E-state index is -2.23. The summed E-state index contributed by atoms with van der Waals surface area (Å²) in [5.41, 5.74) is 7.63. The number of piperazine rings is 1. The molecule has 5 aromatic rings. The van der Waals surface area contributed by atoms with Crippen molar-refractivity contribution in [1.82, 2.24) is 40.4 Å². The number of amides is 2. The highest BCUT2D eigenvalue weighted by molar-refractivity contribution is 7.13. The number of hydrogen-bond donors (Lipinski definition) is 1. The van der Waals surface area contributed by atoms with Crippen molar-refractivity contribution in [1.29, 1.82) is 0 Å². The number of benzene rings is 2. The minimum absolute atomic E-state index is 0.0379. The van der Waals surface area contributed by atoms with Gasteiger partial charge in [0.2, 0.25) is 11.8 Å². The van der Waals surface area contributed by atoms with Gasteiger partial charge in [-0.1, -0.05) is 71.0 Å². The Hall–Kier alpha value is -5.44. The molecule has 79 heavy (non-hydrogen) atoms. The second-order valence-electron chi connectivity index (χ2n) is 25.2. The topological polar surface area (TPSA) is 164 Å². The third kappa shape index (κ3) is 13.3. The van der Waals surface area contributed by atoms with Gasteiger partial charge in [-0.05, 0) is 125 Å². The summed E-state index contributed by atoms with van der Waals surface area (Å²) < 4.78 is 30.2. The van der Waals surface area contributed by atoms with Gasteiger partial charge in [0, 0.05) is 76.5 Å². The van der Waals surface area contributed by atoms with Gasteiger partial charge < -0.3 is 43.2 Å². The van der Waals surface area contributed by atoms with Gasteiger partial charge in [0.1, 0.15) is 24.3 Å². The van der Waals surface area contributed by atoms with E-state index in [2.05, 4.69) is 120 Å². The van der Waals surface area contributed by atoms with Crippen LogP contribution < -0.4 is 24.6 Å². The molecule has 0 bridgehead atoms. The molecule has 0 radical (unpaired) electrons. The largest absolute Gasteiger partial charge is 0.474 e. The molecule has 3 saturated heterocycles. The van der Waals surface area contributed by atoms with Crippen LogP contribution in [0.5, 0.6) is 11.6 Å². The fourth-order valence-corrected chi connectivity index (χ4v) is 13.8. The monoisotopic (exact) mass is 1120 g/mol. The van der Waals surface area contributed by atoms with Crippen molar-refractivity contribution in [2.24, 2.45) is 11.8 Å². The van der Waals surface area contributed by atoms with Crippen LogP contribution in [0.1, 0.15) is 111 Å². The number of piperidine rings is 1. The lowest BCUT2D eigenvalue weighted by atomic mass is 9.91. The summed E-state index contributed by atoms with van der Waals surface area (Å²) in [6, 6.07) is 19.5. The summed E-state index contributed by atoms with van der Waals surface area (Å²) in [5.74, 6) is 1.91. The number of anilines is 2. The fourth-order valence-electron chi connectivity index (χ4n) is 11.6. The predicted molar refractivity (Wildman–Crippen MR) is 314 cm³/mol. The molecule has 0 unspecified atom stereocenters. The summed E-state index contributed by atoms with van der Waals surface area (Å²) in [6.07, 6.45) is 2.40. The molecule has 2 aromatic carbocycles. The maximum absolute atomic E-state index is 14.9. The molecule has 19 heteroatoms. The van der Waals surface area contributed by atoms with Crippen molar-refractivity contribution in [3.8, 4) is 33.3 Å². The van der Waals surface area contributed by atoms with Crippen LogP contribution in [-0.2, 0) is 18.8 Å². The fraction of sp³-hybridized carbons (Fsp3) is 0.600. The number of hydrogen-bond acceptors (Lipinski definition) is 16. The number of nitrogens with zero attached hydrogens (tertiary/aromatic N) is 9. The Bertz CT molecular complexity index is 2860. The number of carbonyl (C=O) groups is 2. The molecule has 0 spiro atoms. The second-order valence-corrected chi connectivity index (χ2v) is 30.8. The number of thiazole rings is 1. The number of fused-ring (bicyclic) bond motifs is 3. The van der Waals surface area contributed by atoms with E-state index in [0.717, 1.165) is 115 Å². The molecule has 3 aromatic heterocycles. The van der Waals surface area contributed by atoms with Gasteiger partial charge in [0.25, 0.3) is 5.88 Å². The highest BCUT2D eigenvalue weighted by atomic mass is 32.1. The zero-order valence-corrected chi connectivity index (χ0v) is 50.9. The van der Waals surface area contributed by atoms with E-state index in [1.807, 2.05) is 57.5 Å². The first-order valence-corrected chi connectivity index (χ1v) is 32.3. The lowest BCUT2D eigenvalue weighted by molar-refractivity contribution is -0.141. The molecular weight excluding hydrogens is 1030 g/mol. The zero-order valence-electron chi connectivity index (χ0n) is 49.1. The average Bonchev–Trinajstić information content (AvgIpc) is 4.33. The van der Waals surface area contributed by atoms with Crippen molar-refractivity contribution < 1.29 is 32.7 Å². The number of nitrogens with one attached hydrogen (secondary N) is 1. The molecule has 5 atom stereocenters. The predicted octanol–water partition coefficient (Wildman–Crippen LogP) is 10.1. The lowest BCUT2D eigenvalue weighted by Gasteiger charge is -2.52. The number of carbonyl (C=O) groups excluding carboxylic acids is 2. The number of ether oxygens (including phenoxy) is 3. The Labute approximate surface area is 473 Å². The van der Waals surface area contributed by atoms with Gasteiger partial charge in [-0.2, -0.15) is 0 Å². The normalized spacial score (nSPS) is 20.5. The minimum Gasteiger partial charge on any atom is -0.474 e. The van der Waals surface area contributed by atoms with Gasteiger partial charge >= 0.3 is 0 Å². The first-order valence-electron chi connectivity index (χ1n) is 28.5. The van der Waals surface area contributed by atoms with Crippen molar-refractivity contribution in [3.63, 3.8) is 0 Å². The smallest absolute Gasteiger partial charge is 0.254 e. The van der Waals surface area contributed by atoms with Gasteiger partial charge in [-0.3, -0.25) is 19.4 Å². The molecule has 3 fully saturated rings. The molecule has 428 valence electrons. The number of para-hydroxylation sites is 1. The summed E-state index contributed by atoms with van der Waals surface area (Å²) >= 11 is 1.62. The van der Waals surface area contributed by atoms with Crippen LogP contribution in [0.2, 0.25) is 18.1 Å². The lowest BCUT2D eigenvalue weighted by Crippen LogP contribution is -2.63. The summed E-state index contributed by atoms with van der Waals surface area (Å²) in [5, 5.41) is 17.1. The van der Waals surface area contributed by atoms with E-state index in [9.17, 15) is 9.59 Å². The van der Waals surface area contributed by atoms with Gasteiger partial charge in [0.15, 0.2) is 26.7 Å². The maximum atomic E-state index is 14.9. The number of likely N-dealkylation sites (tertiary alicyclic amines) is 2. The van der Waals surface area contributed by atoms with Crippen molar-refractivity contribution in [3.05, 3.63) is 83.2 Å². The van der Waals surface area contributed by atoms with Crippen LogP contribution in [0, 0.1) is 18.8 Å². The standard InChI is InChI=1S/C60H86N10O7SSi/c1-39(2)54(58(72)69-36-46(77-79(12,13)60(8,9)10)30-50(69)57(71)62-40(3)43-18-20-44(21-19-43)55-41(4)61-37-78-55)52-32-53(65-76-52)74-29-28-66-24-22-42(23-25-66)33-67-26-27-68-45(34-67)35-70(59(5,6)7)56-49(68)31-48(63-64-56)47-16-14-15-17-51(47)75-38-73-11/h14-21,31-32,37,39-40,42,45-46,50,54H,22-30,33-36,38H2,1-13H3,(H,62,71)/t40-,45+,46+,50-,54+/m0/s1. The number of rotatable bonds is 19. The van der Waals surface area contributed by atoms with Crippen molar-refractivity contribution in [2.45, 2.75) is 142 Å². The number of aromatic nitrogens is 4. The first-order chi connectivity index (χ1) is 37.6. The van der Waals surface area contributed by atoms with Crippen molar-refractivity contribution in [2.75, 3.05) is 89.2 Å². The Morgan fingerprint density at radius 2 is 1.65 bits per heavy atom. The molecule has 7 heterocycles. The van der Waals surface area contributed by atoms with Crippen molar-refractivity contribution >= 4 is 43.0 Å². The van der Waals surface area contributed by atoms with Gasteiger partial charge in [-0.15, -0.1) is 21.5 Å². The van der Waals surface area contributed by atoms with E-state index in [-0.39, 0.29) is 47.2 Å². The van der Waals surface area contributed by atoms with E-state index in [4.69, 9.17) is 33.4 Å². The number of aryl methyl sites for hydroxylation is 1. The Balaban J connectivity index is 0.781. The van der Waals surface area contributed by atoms with Crippen LogP contribution in [0.4, 0.5) is 11.5 Å². The highest BCUT2D eigenvalue weighted by Crippen LogP contribution is 2.43. The molecule has 2 amide bonds. The van der Waals surface area contributed by atoms with E-state index in [1.165, 1.54) is 0 Å². The molecule has 0 saturated carbocycles. The van der Waals surface area contributed by atoms with E-state index >= 15 is 0 Å². The van der Waals surface area contributed by atoms with Crippen LogP contribution in [0.25, 0.3) is 21.7 Å². The third-order valence-electron chi connectivity index (χ3n) is 17.1. The van der Waals surface area contributed by atoms with E-state index in [0.29, 0.717) is 43.2 Å². The zero-order chi connectivity index (χ0) is 56.4. The molecular formula is C60H86N10O7SSi. The molecule has 17 nitrogen and oxygen atoms in total. The SMILES string of the molecule is COCOc1ccccc1-c1cc2c(nn1)N(C(C)(C)C)C[C@H]1CN(CC3CCN(CCOc4cc([C@H](C(=O)N5C[C@H](O[Si](C)(C)C(C)(C)C)C[C@H]5C(=O)N[C@@H](C)c5ccc(-c6scnc6C)cc5)C(C)C)on4)CC3)CCN21. The van der Waals surface area contributed by atoms with Crippen LogP contribution in [0.15, 0.2) is 70.7 Å². The maximum Gasteiger partial charge on any atom is 0.254 e. The average molecular weight is 1120 g/mol. The first kappa shape index (κ1) is 58.2. The Morgan fingerprint density at radius 1 is 0.899 bits per heavy atom. The quantitative estimate of drug-likeness (QED) is 0.0613. The van der Waals surface area contributed by atoms with Gasteiger partial charge in [0.05, 0.1) is 45.7 Å². The van der Waals surface area contributed by atoms with Crippen LogP contribution >= 0.6 is 11.3 Å². The van der Waals surface area contributed by atoms with E-state index < -0.39 is 20.3 Å². The Morgan fingerprint density at radius 3 is 2.33 bits per heavy atom. The van der Waals surface area contributed by atoms with Crippen LogP contribution in [0.3, 0.4) is 0 Å². The van der Waals surface area contributed by atoms with E-state index in [1.54, 1.807) is 29.4 Å². The molecule has 9 rings (SSSR count). The summed E-state index contributed by atoms with van der Waals surface area (Å²) in [6.45, 7) is 34.5. The van der Waals surface area contributed by atoms with Crippen LogP contribution in [-0.4, -0.2) is 158 Å².